The lowest BCUT2D eigenvalue weighted by Gasteiger charge is -2.33. The molecule has 0 saturated carbocycles. The summed E-state index contributed by atoms with van der Waals surface area (Å²) in [4.78, 5) is 21.3. The molecule has 3 heterocycles. The molecule has 2 aromatic heterocycles. The number of rotatable bonds is 2. The van der Waals surface area contributed by atoms with E-state index in [1.165, 1.54) is 17.9 Å². The first-order valence-corrected chi connectivity index (χ1v) is 6.84. The summed E-state index contributed by atoms with van der Waals surface area (Å²) in [6, 6.07) is 1.84. The van der Waals surface area contributed by atoms with Gasteiger partial charge in [0, 0.05) is 31.1 Å². The minimum atomic E-state index is 0.0153. The summed E-state index contributed by atoms with van der Waals surface area (Å²) in [7, 11) is 0. The quantitative estimate of drug-likeness (QED) is 0.867. The van der Waals surface area contributed by atoms with Gasteiger partial charge >= 0.3 is 0 Å². The molecule has 1 aliphatic rings. The number of carbonyl (C=O) groups is 1. The van der Waals surface area contributed by atoms with Gasteiger partial charge in [-0.1, -0.05) is 0 Å². The van der Waals surface area contributed by atoms with Crippen molar-refractivity contribution in [1.82, 2.24) is 24.5 Å². The number of anilines is 1. The van der Waals surface area contributed by atoms with E-state index in [0.717, 1.165) is 23.9 Å². The van der Waals surface area contributed by atoms with Crippen molar-refractivity contribution < 1.29 is 4.79 Å². The van der Waals surface area contributed by atoms with Gasteiger partial charge in [0.1, 0.15) is 12.0 Å². The molecule has 19 heavy (non-hydrogen) atoms. The highest BCUT2D eigenvalue weighted by Gasteiger charge is 2.24. The van der Waals surface area contributed by atoms with Crippen LogP contribution in [-0.2, 0) is 0 Å². The van der Waals surface area contributed by atoms with E-state index < -0.39 is 0 Å². The molecule has 100 valence electrons. The topological polar surface area (TPSA) is 78.0 Å². The van der Waals surface area contributed by atoms with Crippen LogP contribution in [0.25, 0.3) is 0 Å². The lowest BCUT2D eigenvalue weighted by molar-refractivity contribution is 0.0741. The van der Waals surface area contributed by atoms with Gasteiger partial charge in [0.2, 0.25) is 5.95 Å². The molecule has 0 aliphatic carbocycles. The van der Waals surface area contributed by atoms with Crippen LogP contribution in [0.4, 0.5) is 5.95 Å². The summed E-state index contributed by atoms with van der Waals surface area (Å²) in [6.45, 7) is 4.82. The molecule has 1 aliphatic heterocycles. The van der Waals surface area contributed by atoms with Crippen molar-refractivity contribution in [2.24, 2.45) is 0 Å². The first-order chi connectivity index (χ1) is 9.24. The van der Waals surface area contributed by atoms with Crippen LogP contribution in [-0.4, -0.2) is 56.5 Å². The first-order valence-electron chi connectivity index (χ1n) is 6.07. The van der Waals surface area contributed by atoms with E-state index in [-0.39, 0.29) is 5.91 Å². The molecular weight excluding hydrogens is 264 g/mol. The summed E-state index contributed by atoms with van der Waals surface area (Å²) in [6.07, 6.45) is 1.49. The minimum absolute atomic E-state index is 0.0153. The van der Waals surface area contributed by atoms with Gasteiger partial charge in [-0.05, 0) is 24.5 Å². The Balaban J connectivity index is 1.62. The molecule has 1 N–H and O–H groups in total. The van der Waals surface area contributed by atoms with Crippen LogP contribution in [0.5, 0.6) is 0 Å². The van der Waals surface area contributed by atoms with E-state index >= 15 is 0 Å². The number of H-pyrrole nitrogens is 1. The second kappa shape index (κ2) is 4.96. The fourth-order valence-corrected chi connectivity index (χ4v) is 2.64. The van der Waals surface area contributed by atoms with Crippen LogP contribution in [0.3, 0.4) is 0 Å². The Morgan fingerprint density at radius 2 is 2.16 bits per heavy atom. The van der Waals surface area contributed by atoms with Gasteiger partial charge in [-0.25, -0.2) is 5.10 Å². The number of aromatic amines is 1. The highest BCUT2D eigenvalue weighted by molar-refractivity contribution is 7.05. The SMILES string of the molecule is Cc1cc(C(=O)N2CCN(c3ncn[nH]3)CC2)ns1. The number of aromatic nitrogens is 4. The maximum absolute atomic E-state index is 12.2. The second-order valence-corrected chi connectivity index (χ2v) is 5.42. The maximum Gasteiger partial charge on any atom is 0.273 e. The van der Waals surface area contributed by atoms with Gasteiger partial charge in [0.05, 0.1) is 0 Å². The maximum atomic E-state index is 12.2. The highest BCUT2D eigenvalue weighted by Crippen LogP contribution is 2.14. The molecule has 0 spiro atoms. The van der Waals surface area contributed by atoms with E-state index in [1.807, 2.05) is 17.9 Å². The van der Waals surface area contributed by atoms with Gasteiger partial charge in [-0.3, -0.25) is 4.79 Å². The van der Waals surface area contributed by atoms with Gasteiger partial charge in [0.25, 0.3) is 5.91 Å². The summed E-state index contributed by atoms with van der Waals surface area (Å²) in [5, 5.41) is 6.67. The average Bonchev–Trinajstić information content (AvgIpc) is 3.09. The number of nitrogens with zero attached hydrogens (tertiary/aromatic N) is 5. The lowest BCUT2D eigenvalue weighted by atomic mass is 10.2. The molecular formula is C11H14N6OS. The van der Waals surface area contributed by atoms with Crippen molar-refractivity contribution in [1.29, 1.82) is 0 Å². The predicted molar refractivity (Wildman–Crippen MR) is 71.4 cm³/mol. The Hall–Kier alpha value is -1.96. The third-order valence-corrected chi connectivity index (χ3v) is 3.81. The van der Waals surface area contributed by atoms with Crippen molar-refractivity contribution in [3.63, 3.8) is 0 Å². The third-order valence-electron chi connectivity index (χ3n) is 3.12. The summed E-state index contributed by atoms with van der Waals surface area (Å²) < 4.78 is 4.17. The minimum Gasteiger partial charge on any atom is -0.338 e. The zero-order valence-corrected chi connectivity index (χ0v) is 11.4. The molecule has 7 nitrogen and oxygen atoms in total. The monoisotopic (exact) mass is 278 g/mol. The number of carbonyl (C=O) groups excluding carboxylic acids is 1. The molecule has 0 unspecified atom stereocenters. The second-order valence-electron chi connectivity index (χ2n) is 4.41. The third kappa shape index (κ3) is 2.43. The Labute approximate surface area is 114 Å². The molecule has 2 aromatic rings. The fraction of sp³-hybridized carbons (Fsp3) is 0.455. The van der Waals surface area contributed by atoms with Gasteiger partial charge in [-0.2, -0.15) is 14.5 Å². The van der Waals surface area contributed by atoms with Gasteiger partial charge < -0.3 is 9.80 Å². The summed E-state index contributed by atoms with van der Waals surface area (Å²) in [5.41, 5.74) is 0.551. The van der Waals surface area contributed by atoms with Gasteiger partial charge in [-0.15, -0.1) is 0 Å². The van der Waals surface area contributed by atoms with Crippen LogP contribution in [0.1, 0.15) is 15.4 Å². The average molecular weight is 278 g/mol. The van der Waals surface area contributed by atoms with E-state index in [9.17, 15) is 4.79 Å². The summed E-state index contributed by atoms with van der Waals surface area (Å²) in [5.74, 6) is 0.776. The van der Waals surface area contributed by atoms with Crippen LogP contribution < -0.4 is 4.90 Å². The predicted octanol–water partition coefficient (Wildman–Crippen LogP) is 0.532. The molecule has 3 rings (SSSR count). The summed E-state index contributed by atoms with van der Waals surface area (Å²) >= 11 is 1.36. The highest BCUT2D eigenvalue weighted by atomic mass is 32.1. The molecule has 0 bridgehead atoms. The Kier molecular flexibility index (Phi) is 3.16. The Morgan fingerprint density at radius 1 is 1.37 bits per heavy atom. The number of aryl methyl sites for hydroxylation is 1. The normalized spacial score (nSPS) is 15.8. The Bertz CT molecular complexity index is 558. The van der Waals surface area contributed by atoms with E-state index in [1.54, 1.807) is 0 Å². The number of piperazine rings is 1. The molecule has 0 atom stereocenters. The number of amides is 1. The fourth-order valence-electron chi connectivity index (χ4n) is 2.10. The molecule has 0 aromatic carbocycles. The number of nitrogens with one attached hydrogen (secondary N) is 1. The lowest BCUT2D eigenvalue weighted by Crippen LogP contribution is -2.49. The molecule has 1 fully saturated rings. The van der Waals surface area contributed by atoms with Crippen LogP contribution >= 0.6 is 11.5 Å². The van der Waals surface area contributed by atoms with E-state index in [0.29, 0.717) is 18.8 Å². The Morgan fingerprint density at radius 3 is 2.74 bits per heavy atom. The van der Waals surface area contributed by atoms with Crippen molar-refractivity contribution in [3.05, 3.63) is 23.0 Å². The van der Waals surface area contributed by atoms with Crippen molar-refractivity contribution in [2.75, 3.05) is 31.1 Å². The van der Waals surface area contributed by atoms with E-state index in [4.69, 9.17) is 0 Å². The smallest absolute Gasteiger partial charge is 0.273 e. The standard InChI is InChI=1S/C11H14N6OS/c1-8-6-9(15-19-8)10(18)16-2-4-17(5-3-16)11-12-7-13-14-11/h6-7H,2-5H2,1H3,(H,12,13,14). The largest absolute Gasteiger partial charge is 0.338 e. The number of hydrogen-bond acceptors (Lipinski definition) is 6. The zero-order chi connectivity index (χ0) is 13.2. The van der Waals surface area contributed by atoms with Crippen molar-refractivity contribution >= 4 is 23.4 Å². The van der Waals surface area contributed by atoms with Crippen LogP contribution in [0.15, 0.2) is 12.4 Å². The van der Waals surface area contributed by atoms with Crippen LogP contribution in [0, 0.1) is 6.92 Å². The zero-order valence-electron chi connectivity index (χ0n) is 10.5. The molecule has 1 amide bonds. The molecule has 0 radical (unpaired) electrons. The first kappa shape index (κ1) is 12.1. The van der Waals surface area contributed by atoms with Crippen molar-refractivity contribution in [3.8, 4) is 0 Å². The number of hydrogen-bond donors (Lipinski definition) is 1. The van der Waals surface area contributed by atoms with Crippen molar-refractivity contribution in [2.45, 2.75) is 6.92 Å². The van der Waals surface area contributed by atoms with Crippen LogP contribution in [0.2, 0.25) is 0 Å². The molecule has 1 saturated heterocycles. The van der Waals surface area contributed by atoms with E-state index in [2.05, 4.69) is 24.5 Å². The molecule has 8 heteroatoms. The van der Waals surface area contributed by atoms with Gasteiger partial charge in [0.15, 0.2) is 0 Å².